The number of urea groups is 1. The highest BCUT2D eigenvalue weighted by Crippen LogP contribution is 2.31. The molecule has 2 aliphatic rings. The van der Waals surface area contributed by atoms with E-state index in [0.717, 1.165) is 51.0 Å². The fourth-order valence-electron chi connectivity index (χ4n) is 6.36. The summed E-state index contributed by atoms with van der Waals surface area (Å²) in [5, 5.41) is 6.03. The lowest BCUT2D eigenvalue weighted by molar-refractivity contribution is -0.128. The zero-order chi connectivity index (χ0) is 35.0. The van der Waals surface area contributed by atoms with Crippen LogP contribution in [-0.4, -0.2) is 128 Å². The SMILES string of the molecule is CO/N=C(\CN(C)C(=O)c1cc(Cl)cc(Cl)c1)C(CCN1CCC(N2CCCN(CCC(=O)N(C)C)C2=O)CC1)c1ccc(Cl)c(Cl)c1. The lowest BCUT2D eigenvalue weighted by atomic mass is 9.89. The monoisotopic (exact) mass is 740 g/mol. The molecule has 4 amide bonds. The Morgan fingerprint density at radius 3 is 2.25 bits per heavy atom. The van der Waals surface area contributed by atoms with E-state index in [-0.39, 0.29) is 36.3 Å². The molecule has 2 aromatic rings. The Hall–Kier alpha value is -2.76. The molecule has 0 bridgehead atoms. The van der Waals surface area contributed by atoms with Gasteiger partial charge in [0, 0.05) is 87.9 Å². The molecule has 10 nitrogen and oxygen atoms in total. The van der Waals surface area contributed by atoms with Crippen molar-refractivity contribution in [2.75, 3.05) is 74.1 Å². The van der Waals surface area contributed by atoms with Crippen LogP contribution in [0.25, 0.3) is 0 Å². The van der Waals surface area contributed by atoms with Crippen LogP contribution in [-0.2, 0) is 9.63 Å². The zero-order valence-corrected chi connectivity index (χ0v) is 31.0. The van der Waals surface area contributed by atoms with E-state index in [0.29, 0.717) is 57.3 Å². The standard InChI is InChI=1S/C34H44Cl4N6O4/c1-40(2)32(45)11-17-43-12-5-13-44(34(43)47)27-8-14-42(15-9-27)16-10-28(23-6-7-29(37)30(38)20-23)31(39-48-4)22-41(3)33(46)24-18-25(35)21-26(36)19-24/h6-7,18-21,27-28H,5,8-17,22H2,1-4H3/b39-31+. The van der Waals surface area contributed by atoms with Crippen molar-refractivity contribution in [1.29, 1.82) is 0 Å². The maximum atomic E-state index is 13.4. The number of carbonyl (C=O) groups is 3. The molecule has 2 heterocycles. The number of nitrogens with zero attached hydrogens (tertiary/aromatic N) is 6. The summed E-state index contributed by atoms with van der Waals surface area (Å²) >= 11 is 25.1. The number of benzene rings is 2. The van der Waals surface area contributed by atoms with Crippen molar-refractivity contribution < 1.29 is 19.2 Å². The maximum Gasteiger partial charge on any atom is 0.320 e. The van der Waals surface area contributed by atoms with Gasteiger partial charge in [-0.3, -0.25) is 9.59 Å². The van der Waals surface area contributed by atoms with Crippen molar-refractivity contribution in [1.82, 2.24) is 24.5 Å². The van der Waals surface area contributed by atoms with Gasteiger partial charge >= 0.3 is 6.03 Å². The molecule has 0 radical (unpaired) electrons. The minimum Gasteiger partial charge on any atom is -0.399 e. The van der Waals surface area contributed by atoms with Gasteiger partial charge in [0.1, 0.15) is 7.11 Å². The molecule has 2 aliphatic heterocycles. The number of halogens is 4. The average Bonchev–Trinajstić information content (AvgIpc) is 3.05. The molecule has 2 saturated heterocycles. The lowest BCUT2D eigenvalue weighted by Crippen LogP contribution is -2.56. The summed E-state index contributed by atoms with van der Waals surface area (Å²) in [6.07, 6.45) is 3.65. The van der Waals surface area contributed by atoms with Gasteiger partial charge in [-0.05, 0) is 68.1 Å². The lowest BCUT2D eigenvalue weighted by Gasteiger charge is -2.43. The van der Waals surface area contributed by atoms with E-state index in [4.69, 9.17) is 51.2 Å². The second-order valence-electron chi connectivity index (χ2n) is 12.5. The predicted octanol–water partition coefficient (Wildman–Crippen LogP) is 6.62. The van der Waals surface area contributed by atoms with Gasteiger partial charge in [0.2, 0.25) is 5.91 Å². The molecule has 0 aliphatic carbocycles. The van der Waals surface area contributed by atoms with Gasteiger partial charge in [-0.1, -0.05) is 57.6 Å². The number of piperidine rings is 1. The Balaban J connectivity index is 1.42. The van der Waals surface area contributed by atoms with Gasteiger partial charge in [0.05, 0.1) is 22.3 Å². The minimum atomic E-state index is -0.256. The van der Waals surface area contributed by atoms with Crippen LogP contribution >= 0.6 is 46.4 Å². The summed E-state index contributed by atoms with van der Waals surface area (Å²) in [4.78, 5) is 53.4. The molecule has 4 rings (SSSR count). The Labute approximate surface area is 303 Å². The normalized spacial score (nSPS) is 17.0. The average molecular weight is 743 g/mol. The summed E-state index contributed by atoms with van der Waals surface area (Å²) in [6.45, 7) is 4.50. The first-order valence-corrected chi connectivity index (χ1v) is 17.6. The van der Waals surface area contributed by atoms with Crippen molar-refractivity contribution in [3.8, 4) is 0 Å². The first-order chi connectivity index (χ1) is 22.9. The summed E-state index contributed by atoms with van der Waals surface area (Å²) in [7, 11) is 6.65. The van der Waals surface area contributed by atoms with Crippen molar-refractivity contribution in [2.24, 2.45) is 5.16 Å². The Bertz CT molecular complexity index is 1460. The minimum absolute atomic E-state index is 0.0235. The molecule has 48 heavy (non-hydrogen) atoms. The number of carbonyl (C=O) groups excluding carboxylic acids is 3. The summed E-state index contributed by atoms with van der Waals surface area (Å²) in [5.74, 6) is -0.457. The van der Waals surface area contributed by atoms with E-state index in [1.807, 2.05) is 21.9 Å². The molecule has 0 saturated carbocycles. The third-order valence-corrected chi connectivity index (χ3v) is 10.2. The highest BCUT2D eigenvalue weighted by Gasteiger charge is 2.34. The van der Waals surface area contributed by atoms with E-state index in [2.05, 4.69) is 10.1 Å². The number of hydrogen-bond acceptors (Lipinski definition) is 6. The Morgan fingerprint density at radius 2 is 1.62 bits per heavy atom. The van der Waals surface area contributed by atoms with Crippen LogP contribution in [0.1, 0.15) is 53.9 Å². The first kappa shape index (κ1) is 38.0. The van der Waals surface area contributed by atoms with Crippen LogP contribution in [0.3, 0.4) is 0 Å². The number of oxime groups is 1. The Morgan fingerprint density at radius 1 is 0.938 bits per heavy atom. The largest absolute Gasteiger partial charge is 0.399 e. The molecule has 14 heteroatoms. The van der Waals surface area contributed by atoms with E-state index in [1.54, 1.807) is 55.2 Å². The molecule has 1 atom stereocenters. The van der Waals surface area contributed by atoms with Crippen LogP contribution in [0.15, 0.2) is 41.6 Å². The van der Waals surface area contributed by atoms with E-state index < -0.39 is 0 Å². The van der Waals surface area contributed by atoms with Crippen LogP contribution < -0.4 is 0 Å². The van der Waals surface area contributed by atoms with E-state index in [9.17, 15) is 14.4 Å². The van der Waals surface area contributed by atoms with E-state index in [1.165, 1.54) is 7.11 Å². The fraction of sp³-hybridized carbons (Fsp3) is 0.529. The van der Waals surface area contributed by atoms with Crippen molar-refractivity contribution in [3.63, 3.8) is 0 Å². The van der Waals surface area contributed by atoms with Gasteiger partial charge in [0.15, 0.2) is 0 Å². The smallest absolute Gasteiger partial charge is 0.320 e. The van der Waals surface area contributed by atoms with Crippen LogP contribution in [0.5, 0.6) is 0 Å². The first-order valence-electron chi connectivity index (χ1n) is 16.1. The maximum absolute atomic E-state index is 13.4. The molecule has 1 unspecified atom stereocenters. The number of hydrogen-bond donors (Lipinski definition) is 0. The molecular formula is C34H44Cl4N6O4. The van der Waals surface area contributed by atoms with Crippen LogP contribution in [0, 0.1) is 0 Å². The summed E-state index contributed by atoms with van der Waals surface area (Å²) in [6, 6.07) is 10.5. The highest BCUT2D eigenvalue weighted by atomic mass is 35.5. The third-order valence-electron chi connectivity index (χ3n) is 8.98. The molecule has 2 fully saturated rings. The van der Waals surface area contributed by atoms with Gasteiger partial charge in [-0.25, -0.2) is 4.79 Å². The molecule has 262 valence electrons. The van der Waals surface area contributed by atoms with Gasteiger partial charge in [-0.15, -0.1) is 0 Å². The van der Waals surface area contributed by atoms with Gasteiger partial charge in [-0.2, -0.15) is 0 Å². The predicted molar refractivity (Wildman–Crippen MR) is 193 cm³/mol. The quantitative estimate of drug-likeness (QED) is 0.170. The van der Waals surface area contributed by atoms with Gasteiger partial charge in [0.25, 0.3) is 5.91 Å². The second-order valence-corrected chi connectivity index (χ2v) is 14.2. The molecule has 0 aromatic heterocycles. The summed E-state index contributed by atoms with van der Waals surface area (Å²) in [5.41, 5.74) is 1.94. The molecule has 0 spiro atoms. The van der Waals surface area contributed by atoms with Gasteiger partial charge < -0.3 is 29.3 Å². The van der Waals surface area contributed by atoms with Crippen molar-refractivity contribution in [2.45, 2.75) is 44.1 Å². The van der Waals surface area contributed by atoms with Crippen molar-refractivity contribution >= 4 is 70.0 Å². The third kappa shape index (κ3) is 10.1. The number of amides is 4. The molecular weight excluding hydrogens is 698 g/mol. The van der Waals surface area contributed by atoms with Crippen molar-refractivity contribution in [3.05, 3.63) is 67.6 Å². The zero-order valence-electron chi connectivity index (χ0n) is 27.9. The second kappa shape index (κ2) is 17.8. The highest BCUT2D eigenvalue weighted by molar-refractivity contribution is 6.42. The number of rotatable bonds is 13. The Kier molecular flexibility index (Phi) is 14.1. The fourth-order valence-corrected chi connectivity index (χ4v) is 7.19. The van der Waals surface area contributed by atoms with Crippen LogP contribution in [0.4, 0.5) is 4.79 Å². The molecule has 2 aromatic carbocycles. The topological polar surface area (TPSA) is 89.0 Å². The summed E-state index contributed by atoms with van der Waals surface area (Å²) < 4.78 is 0. The molecule has 0 N–H and O–H groups in total. The van der Waals surface area contributed by atoms with Crippen LogP contribution in [0.2, 0.25) is 20.1 Å². The van der Waals surface area contributed by atoms with E-state index >= 15 is 0 Å². The number of likely N-dealkylation sites (tertiary alicyclic amines) is 1.